The monoisotopic (exact) mass is 253 g/mol. The second-order valence-electron chi connectivity index (χ2n) is 4.98. The van der Waals surface area contributed by atoms with Crippen LogP contribution in [0.2, 0.25) is 0 Å². The van der Waals surface area contributed by atoms with E-state index in [0.717, 1.165) is 0 Å². The van der Waals surface area contributed by atoms with Gasteiger partial charge >= 0.3 is 0 Å². The molecule has 0 nitrogen and oxygen atoms in total. The Morgan fingerprint density at radius 3 is 2.40 bits per heavy atom. The second kappa shape index (κ2) is 4.50. The summed E-state index contributed by atoms with van der Waals surface area (Å²) in [6.07, 6.45) is 0. The number of hydrogen-bond donors (Lipinski definition) is 0. The average Bonchev–Trinajstić information content (AvgIpc) is 2.55. The first-order valence-electron chi connectivity index (χ1n) is 6.80. The van der Waals surface area contributed by atoms with Crippen LogP contribution in [0.5, 0.6) is 0 Å². The highest BCUT2D eigenvalue weighted by Gasteiger charge is 2.05. The molecular weight excluding hydrogens is 240 g/mol. The minimum atomic E-state index is 1.22. The van der Waals surface area contributed by atoms with E-state index < -0.39 is 0 Å². The third-order valence-electron chi connectivity index (χ3n) is 3.80. The van der Waals surface area contributed by atoms with Gasteiger partial charge in [0.15, 0.2) is 0 Å². The third-order valence-corrected chi connectivity index (χ3v) is 3.80. The number of hydrogen-bond acceptors (Lipinski definition) is 0. The van der Waals surface area contributed by atoms with Gasteiger partial charge in [-0.1, -0.05) is 72.8 Å². The maximum atomic E-state index is 3.16. The van der Waals surface area contributed by atoms with Crippen molar-refractivity contribution in [2.75, 3.05) is 0 Å². The van der Waals surface area contributed by atoms with Gasteiger partial charge in [0.05, 0.1) is 0 Å². The number of benzene rings is 4. The SMILES string of the molecule is [c]1cccc(-c2cccc3c2ccc2ccccc23)c1. The number of fused-ring (bicyclic) bond motifs is 3. The molecular formula is C20H13. The molecule has 1 radical (unpaired) electrons. The lowest BCUT2D eigenvalue weighted by Crippen LogP contribution is -1.82. The van der Waals surface area contributed by atoms with Crippen LogP contribution >= 0.6 is 0 Å². The lowest BCUT2D eigenvalue weighted by Gasteiger charge is -2.09. The predicted molar refractivity (Wildman–Crippen MR) is 85.7 cm³/mol. The summed E-state index contributed by atoms with van der Waals surface area (Å²) in [4.78, 5) is 0. The molecule has 93 valence electrons. The Morgan fingerprint density at radius 2 is 1.50 bits per heavy atom. The molecule has 4 rings (SSSR count). The zero-order valence-electron chi connectivity index (χ0n) is 11.0. The van der Waals surface area contributed by atoms with Crippen LogP contribution in [0.15, 0.2) is 78.9 Å². The fourth-order valence-electron chi connectivity index (χ4n) is 2.85. The van der Waals surface area contributed by atoms with Crippen LogP contribution in [-0.4, -0.2) is 0 Å². The summed E-state index contributed by atoms with van der Waals surface area (Å²) in [7, 11) is 0. The molecule has 0 aliphatic heterocycles. The average molecular weight is 253 g/mol. The Kier molecular flexibility index (Phi) is 2.53. The van der Waals surface area contributed by atoms with Gasteiger partial charge in [-0.05, 0) is 44.8 Å². The summed E-state index contributed by atoms with van der Waals surface area (Å²) in [5.74, 6) is 0. The Hall–Kier alpha value is -2.60. The van der Waals surface area contributed by atoms with Crippen LogP contribution < -0.4 is 0 Å². The first-order chi connectivity index (χ1) is 9.93. The smallest absolute Gasteiger partial charge is 0.00990 e. The minimum Gasteiger partial charge on any atom is -0.0616 e. The van der Waals surface area contributed by atoms with E-state index in [1.54, 1.807) is 0 Å². The Morgan fingerprint density at radius 1 is 0.600 bits per heavy atom. The summed E-state index contributed by atoms with van der Waals surface area (Å²) in [6.45, 7) is 0. The fourth-order valence-corrected chi connectivity index (χ4v) is 2.85. The van der Waals surface area contributed by atoms with Gasteiger partial charge in [-0.15, -0.1) is 0 Å². The topological polar surface area (TPSA) is 0 Å². The van der Waals surface area contributed by atoms with Gasteiger partial charge in [-0.3, -0.25) is 0 Å². The van der Waals surface area contributed by atoms with E-state index in [1.165, 1.54) is 32.7 Å². The van der Waals surface area contributed by atoms with Gasteiger partial charge in [0, 0.05) is 0 Å². The molecule has 0 spiro atoms. The molecule has 0 atom stereocenters. The lowest BCUT2D eigenvalue weighted by atomic mass is 9.95. The van der Waals surface area contributed by atoms with Gasteiger partial charge in [0.1, 0.15) is 0 Å². The largest absolute Gasteiger partial charge is 0.0616 e. The molecule has 0 fully saturated rings. The van der Waals surface area contributed by atoms with E-state index in [1.807, 2.05) is 18.2 Å². The normalized spacial score (nSPS) is 11.0. The summed E-state index contributed by atoms with van der Waals surface area (Å²) < 4.78 is 0. The van der Waals surface area contributed by atoms with E-state index in [2.05, 4.69) is 66.7 Å². The molecule has 0 aromatic heterocycles. The molecule has 0 heteroatoms. The fraction of sp³-hybridized carbons (Fsp3) is 0. The molecule has 20 heavy (non-hydrogen) atoms. The van der Waals surface area contributed by atoms with Crippen molar-refractivity contribution in [2.45, 2.75) is 0 Å². The molecule has 0 heterocycles. The van der Waals surface area contributed by atoms with Crippen molar-refractivity contribution >= 4 is 21.5 Å². The van der Waals surface area contributed by atoms with Crippen molar-refractivity contribution in [3.8, 4) is 11.1 Å². The van der Waals surface area contributed by atoms with Crippen LogP contribution in [0, 0.1) is 6.07 Å². The standard InChI is InChI=1S/C20H13/c1-2-7-15(8-3-1)18-11-6-12-19-17-10-5-4-9-16(17)13-14-20(18)19/h1-2,4-14H. The number of rotatable bonds is 1. The molecule has 0 N–H and O–H groups in total. The molecule has 0 bridgehead atoms. The highest BCUT2D eigenvalue weighted by molar-refractivity contribution is 6.11. The molecule has 4 aromatic rings. The van der Waals surface area contributed by atoms with Gasteiger partial charge in [-0.25, -0.2) is 0 Å². The molecule has 0 unspecified atom stereocenters. The maximum absolute atomic E-state index is 3.16. The predicted octanol–water partition coefficient (Wildman–Crippen LogP) is 5.46. The van der Waals surface area contributed by atoms with E-state index in [4.69, 9.17) is 0 Å². The van der Waals surface area contributed by atoms with Crippen molar-refractivity contribution in [2.24, 2.45) is 0 Å². The van der Waals surface area contributed by atoms with Crippen LogP contribution in [0.1, 0.15) is 0 Å². The second-order valence-corrected chi connectivity index (χ2v) is 4.98. The summed E-state index contributed by atoms with van der Waals surface area (Å²) in [5.41, 5.74) is 2.48. The van der Waals surface area contributed by atoms with Crippen LogP contribution in [0.4, 0.5) is 0 Å². The van der Waals surface area contributed by atoms with Crippen LogP contribution in [-0.2, 0) is 0 Å². The summed E-state index contributed by atoms with van der Waals surface area (Å²) in [5, 5.41) is 5.21. The van der Waals surface area contributed by atoms with Crippen molar-refractivity contribution < 1.29 is 0 Å². The Bertz CT molecular complexity index is 889. The van der Waals surface area contributed by atoms with E-state index in [0.29, 0.717) is 0 Å². The first-order valence-corrected chi connectivity index (χ1v) is 6.80. The molecule has 0 aliphatic carbocycles. The van der Waals surface area contributed by atoms with Crippen molar-refractivity contribution in [3.05, 3.63) is 84.9 Å². The van der Waals surface area contributed by atoms with Crippen LogP contribution in [0.25, 0.3) is 32.7 Å². The highest BCUT2D eigenvalue weighted by atomic mass is 14.1. The third kappa shape index (κ3) is 1.70. The lowest BCUT2D eigenvalue weighted by molar-refractivity contribution is 1.65. The maximum Gasteiger partial charge on any atom is -0.00990 e. The molecule has 0 aliphatic rings. The van der Waals surface area contributed by atoms with Crippen LogP contribution in [0.3, 0.4) is 0 Å². The van der Waals surface area contributed by atoms with Gasteiger partial charge < -0.3 is 0 Å². The van der Waals surface area contributed by atoms with Gasteiger partial charge in [0.25, 0.3) is 0 Å². The van der Waals surface area contributed by atoms with E-state index in [-0.39, 0.29) is 0 Å². The van der Waals surface area contributed by atoms with E-state index in [9.17, 15) is 0 Å². The van der Waals surface area contributed by atoms with Crippen molar-refractivity contribution in [3.63, 3.8) is 0 Å². The highest BCUT2D eigenvalue weighted by Crippen LogP contribution is 2.32. The molecule has 4 aromatic carbocycles. The first kappa shape index (κ1) is 11.2. The Labute approximate surface area is 118 Å². The zero-order valence-corrected chi connectivity index (χ0v) is 11.0. The summed E-state index contributed by atoms with van der Waals surface area (Å²) in [6, 6.07) is 30.8. The van der Waals surface area contributed by atoms with Crippen molar-refractivity contribution in [1.29, 1.82) is 0 Å². The minimum absolute atomic E-state index is 1.22. The van der Waals surface area contributed by atoms with Crippen molar-refractivity contribution in [1.82, 2.24) is 0 Å². The quantitative estimate of drug-likeness (QED) is 0.395. The summed E-state index contributed by atoms with van der Waals surface area (Å²) >= 11 is 0. The zero-order chi connectivity index (χ0) is 13.4. The van der Waals surface area contributed by atoms with Gasteiger partial charge in [0.2, 0.25) is 0 Å². The molecule has 0 amide bonds. The van der Waals surface area contributed by atoms with Gasteiger partial charge in [-0.2, -0.15) is 0 Å². The molecule has 0 saturated heterocycles. The Balaban J connectivity index is 2.12. The van der Waals surface area contributed by atoms with E-state index >= 15 is 0 Å². The molecule has 0 saturated carbocycles.